The van der Waals surface area contributed by atoms with E-state index >= 15 is 0 Å². The largest absolute Gasteiger partial charge is 0.480 e. The van der Waals surface area contributed by atoms with Crippen LogP contribution in [0.25, 0.3) is 0 Å². The molecule has 2 saturated carbocycles. The summed E-state index contributed by atoms with van der Waals surface area (Å²) in [6.45, 7) is 2.70. The second-order valence-corrected chi connectivity index (χ2v) is 6.13. The monoisotopic (exact) mass is 237 g/mol. The minimum atomic E-state index is -0.838. The fourth-order valence-electron chi connectivity index (χ4n) is 3.25. The highest BCUT2D eigenvalue weighted by atomic mass is 16.4. The third kappa shape index (κ3) is 1.74. The van der Waals surface area contributed by atoms with Gasteiger partial charge in [-0.25, -0.2) is 4.79 Å². The molecule has 3 unspecified atom stereocenters. The average Bonchev–Trinajstić information content (AvgIpc) is 3.19. The molecule has 3 atom stereocenters. The van der Waals surface area contributed by atoms with E-state index in [0.29, 0.717) is 24.3 Å². The van der Waals surface area contributed by atoms with Crippen molar-refractivity contribution in [3.8, 4) is 0 Å². The number of nitrogens with zero attached hydrogens (tertiary/aromatic N) is 1. The van der Waals surface area contributed by atoms with Crippen LogP contribution in [0.1, 0.15) is 39.0 Å². The van der Waals surface area contributed by atoms with Crippen molar-refractivity contribution >= 4 is 11.9 Å². The summed E-state index contributed by atoms with van der Waals surface area (Å²) in [6.07, 6.45) is 4.90. The van der Waals surface area contributed by atoms with Gasteiger partial charge in [-0.2, -0.15) is 0 Å². The van der Waals surface area contributed by atoms with E-state index in [1.807, 2.05) is 0 Å². The first kappa shape index (κ1) is 11.1. The molecule has 4 nitrogen and oxygen atoms in total. The van der Waals surface area contributed by atoms with Gasteiger partial charge in [-0.3, -0.25) is 4.79 Å². The molecule has 0 aromatic rings. The molecular formula is C13H19NO3. The molecule has 1 heterocycles. The van der Waals surface area contributed by atoms with Crippen LogP contribution in [0.2, 0.25) is 0 Å². The Labute approximate surface area is 101 Å². The van der Waals surface area contributed by atoms with Crippen LogP contribution < -0.4 is 0 Å². The third-order valence-electron chi connectivity index (χ3n) is 4.81. The second kappa shape index (κ2) is 3.47. The van der Waals surface area contributed by atoms with Crippen molar-refractivity contribution in [1.29, 1.82) is 0 Å². The molecule has 94 valence electrons. The van der Waals surface area contributed by atoms with E-state index in [9.17, 15) is 14.7 Å². The molecule has 1 N–H and O–H groups in total. The zero-order valence-electron chi connectivity index (χ0n) is 10.2. The first-order valence-corrected chi connectivity index (χ1v) is 6.57. The van der Waals surface area contributed by atoms with Gasteiger partial charge in [0.15, 0.2) is 0 Å². The van der Waals surface area contributed by atoms with Crippen LogP contribution in [-0.2, 0) is 9.59 Å². The summed E-state index contributed by atoms with van der Waals surface area (Å²) < 4.78 is 0. The van der Waals surface area contributed by atoms with Gasteiger partial charge in [0.25, 0.3) is 0 Å². The smallest absolute Gasteiger partial charge is 0.326 e. The molecule has 0 radical (unpaired) electrons. The summed E-state index contributed by atoms with van der Waals surface area (Å²) in [5.41, 5.74) is 0.323. The predicted octanol–water partition coefficient (Wildman–Crippen LogP) is 1.50. The number of carboxylic acid groups (broad SMARTS) is 1. The number of hydrogen-bond acceptors (Lipinski definition) is 2. The summed E-state index contributed by atoms with van der Waals surface area (Å²) in [4.78, 5) is 25.2. The van der Waals surface area contributed by atoms with Gasteiger partial charge in [0.2, 0.25) is 5.91 Å². The molecule has 1 amide bonds. The fourth-order valence-corrected chi connectivity index (χ4v) is 3.25. The van der Waals surface area contributed by atoms with Gasteiger partial charge in [0.05, 0.1) is 0 Å². The highest BCUT2D eigenvalue weighted by Gasteiger charge is 2.66. The lowest BCUT2D eigenvalue weighted by Gasteiger charge is -2.36. The van der Waals surface area contributed by atoms with E-state index in [-0.39, 0.29) is 11.8 Å². The van der Waals surface area contributed by atoms with E-state index < -0.39 is 12.0 Å². The SMILES string of the molecule is CC1CCN(C(=O)C2CC23CC3)C(C(=O)O)C1. The molecule has 4 heteroatoms. The van der Waals surface area contributed by atoms with Crippen molar-refractivity contribution in [3.05, 3.63) is 0 Å². The van der Waals surface area contributed by atoms with Gasteiger partial charge in [0, 0.05) is 12.5 Å². The maximum atomic E-state index is 12.3. The number of amides is 1. The molecule has 0 bridgehead atoms. The van der Waals surface area contributed by atoms with Crippen LogP contribution >= 0.6 is 0 Å². The maximum absolute atomic E-state index is 12.3. The molecule has 1 spiro atoms. The van der Waals surface area contributed by atoms with Gasteiger partial charge in [-0.05, 0) is 43.4 Å². The Morgan fingerprint density at radius 1 is 1.35 bits per heavy atom. The van der Waals surface area contributed by atoms with Crippen LogP contribution in [0.15, 0.2) is 0 Å². The Morgan fingerprint density at radius 2 is 2.06 bits per heavy atom. The number of rotatable bonds is 2. The molecule has 0 aromatic heterocycles. The normalized spacial score (nSPS) is 37.9. The minimum absolute atomic E-state index is 0.113. The lowest BCUT2D eigenvalue weighted by molar-refractivity contribution is -0.153. The predicted molar refractivity (Wildman–Crippen MR) is 61.3 cm³/mol. The Hall–Kier alpha value is -1.06. The Kier molecular flexibility index (Phi) is 2.25. The lowest BCUT2D eigenvalue weighted by atomic mass is 9.92. The van der Waals surface area contributed by atoms with Crippen molar-refractivity contribution in [3.63, 3.8) is 0 Å². The maximum Gasteiger partial charge on any atom is 0.326 e. The number of carboxylic acids is 1. The van der Waals surface area contributed by atoms with Crippen LogP contribution in [0.3, 0.4) is 0 Å². The quantitative estimate of drug-likeness (QED) is 0.791. The van der Waals surface area contributed by atoms with Gasteiger partial charge < -0.3 is 10.0 Å². The molecule has 3 aliphatic rings. The average molecular weight is 237 g/mol. The van der Waals surface area contributed by atoms with Crippen LogP contribution in [0.5, 0.6) is 0 Å². The molecule has 17 heavy (non-hydrogen) atoms. The lowest BCUT2D eigenvalue weighted by Crippen LogP contribution is -2.50. The van der Waals surface area contributed by atoms with Crippen molar-refractivity contribution in [2.45, 2.75) is 45.1 Å². The van der Waals surface area contributed by atoms with Gasteiger partial charge in [0.1, 0.15) is 6.04 Å². The van der Waals surface area contributed by atoms with Crippen LogP contribution in [-0.4, -0.2) is 34.5 Å². The van der Waals surface area contributed by atoms with Crippen LogP contribution in [0.4, 0.5) is 0 Å². The van der Waals surface area contributed by atoms with Crippen molar-refractivity contribution < 1.29 is 14.7 Å². The number of carbonyl (C=O) groups is 2. The summed E-state index contributed by atoms with van der Waals surface area (Å²) in [6, 6.07) is -0.581. The van der Waals surface area contributed by atoms with E-state index in [1.165, 1.54) is 12.8 Å². The van der Waals surface area contributed by atoms with Crippen molar-refractivity contribution in [1.82, 2.24) is 4.90 Å². The number of hydrogen-bond donors (Lipinski definition) is 1. The van der Waals surface area contributed by atoms with Crippen molar-refractivity contribution in [2.75, 3.05) is 6.54 Å². The highest BCUT2D eigenvalue weighted by Crippen LogP contribution is 2.71. The molecule has 0 aromatic carbocycles. The molecule has 1 aliphatic heterocycles. The molecule has 3 rings (SSSR count). The molecule has 3 fully saturated rings. The van der Waals surface area contributed by atoms with Gasteiger partial charge >= 0.3 is 5.97 Å². The van der Waals surface area contributed by atoms with Crippen LogP contribution in [0, 0.1) is 17.3 Å². The Bertz CT molecular complexity index is 375. The minimum Gasteiger partial charge on any atom is -0.480 e. The molecule has 2 aliphatic carbocycles. The van der Waals surface area contributed by atoms with E-state index in [2.05, 4.69) is 6.92 Å². The Morgan fingerprint density at radius 3 is 2.59 bits per heavy atom. The molecular weight excluding hydrogens is 218 g/mol. The summed E-state index contributed by atoms with van der Waals surface area (Å²) >= 11 is 0. The Balaban J connectivity index is 1.71. The molecule has 1 saturated heterocycles. The summed E-state index contributed by atoms with van der Waals surface area (Å²) in [7, 11) is 0. The number of carbonyl (C=O) groups excluding carboxylic acids is 1. The topological polar surface area (TPSA) is 57.6 Å². The summed E-state index contributed by atoms with van der Waals surface area (Å²) in [5, 5.41) is 9.23. The van der Waals surface area contributed by atoms with Gasteiger partial charge in [-0.1, -0.05) is 6.92 Å². The standard InChI is InChI=1S/C13H19NO3/c1-8-2-5-14(10(6-8)12(16)17)11(15)9-7-13(9)3-4-13/h8-10H,2-7H2,1H3,(H,16,17). The highest BCUT2D eigenvalue weighted by molar-refractivity contribution is 5.88. The fraction of sp³-hybridized carbons (Fsp3) is 0.846. The number of aliphatic carboxylic acids is 1. The summed E-state index contributed by atoms with van der Waals surface area (Å²) in [5.74, 6) is -0.163. The second-order valence-electron chi connectivity index (χ2n) is 6.13. The first-order chi connectivity index (χ1) is 8.03. The number of likely N-dealkylation sites (tertiary alicyclic amines) is 1. The zero-order chi connectivity index (χ0) is 12.2. The van der Waals surface area contributed by atoms with E-state index in [4.69, 9.17) is 0 Å². The van der Waals surface area contributed by atoms with Crippen molar-refractivity contribution in [2.24, 2.45) is 17.3 Å². The third-order valence-corrected chi connectivity index (χ3v) is 4.81. The first-order valence-electron chi connectivity index (χ1n) is 6.57. The zero-order valence-corrected chi connectivity index (χ0v) is 10.2. The van der Waals surface area contributed by atoms with E-state index in [0.717, 1.165) is 12.8 Å². The van der Waals surface area contributed by atoms with Gasteiger partial charge in [-0.15, -0.1) is 0 Å². The van der Waals surface area contributed by atoms with E-state index in [1.54, 1.807) is 4.90 Å². The number of piperidine rings is 1.